The fourth-order valence-electron chi connectivity index (χ4n) is 2.45. The van der Waals surface area contributed by atoms with Gasteiger partial charge in [-0.2, -0.15) is 0 Å². The molecule has 2 rings (SSSR count). The van der Waals surface area contributed by atoms with E-state index in [0.717, 1.165) is 36.8 Å². The minimum Gasteiger partial charge on any atom is -0.396 e. The van der Waals surface area contributed by atoms with Gasteiger partial charge in [-0.3, -0.25) is 0 Å². The van der Waals surface area contributed by atoms with Gasteiger partial charge in [0.25, 0.3) is 0 Å². The maximum Gasteiger partial charge on any atom is 0.0502 e. The van der Waals surface area contributed by atoms with Gasteiger partial charge >= 0.3 is 0 Å². The normalized spacial score (nSPS) is 25.6. The number of aliphatic hydroxyl groups excluding tert-OH is 1. The summed E-state index contributed by atoms with van der Waals surface area (Å²) in [5.41, 5.74) is 1.34. The standard InChI is InChI=1S/C13H18BrNO/c14-12-4-1-3-11(7-12)8-13(10-16)5-2-6-15-9-13/h1,3-4,7,15-16H,2,5-6,8-10H2. The van der Waals surface area contributed by atoms with E-state index in [2.05, 4.69) is 39.4 Å². The molecule has 1 aromatic rings. The number of hydrogen-bond donors (Lipinski definition) is 2. The summed E-state index contributed by atoms with van der Waals surface area (Å²) in [7, 11) is 0. The largest absolute Gasteiger partial charge is 0.396 e. The molecule has 1 unspecified atom stereocenters. The fraction of sp³-hybridized carbons (Fsp3) is 0.538. The zero-order valence-corrected chi connectivity index (χ0v) is 11.0. The van der Waals surface area contributed by atoms with E-state index in [0.29, 0.717) is 0 Å². The third kappa shape index (κ3) is 2.84. The predicted molar refractivity (Wildman–Crippen MR) is 69.5 cm³/mol. The third-order valence-corrected chi connectivity index (χ3v) is 3.86. The number of hydrogen-bond acceptors (Lipinski definition) is 2. The molecule has 16 heavy (non-hydrogen) atoms. The van der Waals surface area contributed by atoms with E-state index >= 15 is 0 Å². The Hall–Kier alpha value is -0.380. The van der Waals surface area contributed by atoms with Crippen molar-refractivity contribution in [2.75, 3.05) is 19.7 Å². The SMILES string of the molecule is OCC1(Cc2cccc(Br)c2)CCCNC1. The lowest BCUT2D eigenvalue weighted by Gasteiger charge is -2.36. The quantitative estimate of drug-likeness (QED) is 0.893. The molecule has 1 aliphatic heterocycles. The summed E-state index contributed by atoms with van der Waals surface area (Å²) in [6.07, 6.45) is 3.23. The molecule has 1 fully saturated rings. The second-order valence-corrected chi connectivity index (χ2v) is 5.66. The lowest BCUT2D eigenvalue weighted by Crippen LogP contribution is -2.44. The van der Waals surface area contributed by atoms with Crippen LogP contribution in [0.3, 0.4) is 0 Å². The van der Waals surface area contributed by atoms with Crippen molar-refractivity contribution in [1.29, 1.82) is 0 Å². The smallest absolute Gasteiger partial charge is 0.0502 e. The Labute approximate surface area is 105 Å². The van der Waals surface area contributed by atoms with E-state index in [9.17, 15) is 5.11 Å². The van der Waals surface area contributed by atoms with Crippen LogP contribution in [0.4, 0.5) is 0 Å². The number of rotatable bonds is 3. The van der Waals surface area contributed by atoms with Gasteiger partial charge in [0.2, 0.25) is 0 Å². The van der Waals surface area contributed by atoms with Crippen LogP contribution in [-0.2, 0) is 6.42 Å². The van der Waals surface area contributed by atoms with Gasteiger partial charge < -0.3 is 10.4 Å². The van der Waals surface area contributed by atoms with Gasteiger partial charge in [0.05, 0.1) is 6.61 Å². The average molecular weight is 284 g/mol. The molecule has 0 aromatic heterocycles. The Morgan fingerprint density at radius 2 is 2.31 bits per heavy atom. The Bertz CT molecular complexity index is 348. The van der Waals surface area contributed by atoms with Gasteiger partial charge in [0, 0.05) is 16.4 Å². The zero-order chi connectivity index (χ0) is 11.4. The number of nitrogens with one attached hydrogen (secondary N) is 1. The van der Waals surface area contributed by atoms with Gasteiger partial charge in [-0.25, -0.2) is 0 Å². The summed E-state index contributed by atoms with van der Waals surface area (Å²) in [5.74, 6) is 0. The van der Waals surface area contributed by atoms with Crippen LogP contribution in [0.5, 0.6) is 0 Å². The van der Waals surface area contributed by atoms with Crippen molar-refractivity contribution in [2.24, 2.45) is 5.41 Å². The lowest BCUT2D eigenvalue weighted by molar-refractivity contribution is 0.0948. The van der Waals surface area contributed by atoms with Crippen molar-refractivity contribution in [3.8, 4) is 0 Å². The highest BCUT2D eigenvalue weighted by Gasteiger charge is 2.31. The zero-order valence-electron chi connectivity index (χ0n) is 9.38. The molecule has 1 atom stereocenters. The van der Waals surface area contributed by atoms with Crippen molar-refractivity contribution < 1.29 is 5.11 Å². The van der Waals surface area contributed by atoms with Crippen LogP contribution in [-0.4, -0.2) is 24.8 Å². The van der Waals surface area contributed by atoms with Gasteiger partial charge in [0.15, 0.2) is 0 Å². The Morgan fingerprint density at radius 1 is 1.44 bits per heavy atom. The minimum absolute atomic E-state index is 0.0407. The fourth-order valence-corrected chi connectivity index (χ4v) is 2.90. The van der Waals surface area contributed by atoms with E-state index < -0.39 is 0 Å². The molecule has 0 radical (unpaired) electrons. The summed E-state index contributed by atoms with van der Waals surface area (Å²) in [6, 6.07) is 8.37. The van der Waals surface area contributed by atoms with Crippen molar-refractivity contribution in [2.45, 2.75) is 19.3 Å². The van der Waals surface area contributed by atoms with Crippen LogP contribution in [0.2, 0.25) is 0 Å². The molecule has 88 valence electrons. The molecule has 1 heterocycles. The monoisotopic (exact) mass is 283 g/mol. The molecule has 3 heteroatoms. The molecule has 0 spiro atoms. The first-order chi connectivity index (χ1) is 7.74. The number of halogens is 1. The first-order valence-electron chi connectivity index (χ1n) is 5.80. The highest BCUT2D eigenvalue weighted by atomic mass is 79.9. The van der Waals surface area contributed by atoms with Crippen LogP contribution < -0.4 is 5.32 Å². The van der Waals surface area contributed by atoms with Gasteiger partial charge in [-0.05, 0) is 43.5 Å². The molecule has 0 aliphatic carbocycles. The van der Waals surface area contributed by atoms with Crippen LogP contribution in [0.25, 0.3) is 0 Å². The van der Waals surface area contributed by atoms with E-state index in [4.69, 9.17) is 0 Å². The predicted octanol–water partition coefficient (Wildman–Crippen LogP) is 2.35. The molecule has 0 bridgehead atoms. The average Bonchev–Trinajstić information content (AvgIpc) is 2.30. The van der Waals surface area contributed by atoms with Crippen molar-refractivity contribution in [3.63, 3.8) is 0 Å². The van der Waals surface area contributed by atoms with Crippen molar-refractivity contribution in [1.82, 2.24) is 5.32 Å². The van der Waals surface area contributed by atoms with Crippen LogP contribution in [0, 0.1) is 5.41 Å². The molecule has 2 N–H and O–H groups in total. The number of benzene rings is 1. The van der Waals surface area contributed by atoms with Crippen molar-refractivity contribution >= 4 is 15.9 Å². The number of piperidine rings is 1. The Kier molecular flexibility index (Phi) is 4.00. The van der Waals surface area contributed by atoms with Gasteiger partial charge in [0.1, 0.15) is 0 Å². The molecule has 1 aliphatic rings. The molecule has 0 amide bonds. The molecule has 0 saturated carbocycles. The Balaban J connectivity index is 2.11. The van der Waals surface area contributed by atoms with Crippen molar-refractivity contribution in [3.05, 3.63) is 34.3 Å². The second-order valence-electron chi connectivity index (χ2n) is 4.75. The highest BCUT2D eigenvalue weighted by Crippen LogP contribution is 2.30. The molecular formula is C13H18BrNO. The third-order valence-electron chi connectivity index (χ3n) is 3.36. The summed E-state index contributed by atoms with van der Waals surface area (Å²) in [6.45, 7) is 2.28. The van der Waals surface area contributed by atoms with Gasteiger partial charge in [-0.15, -0.1) is 0 Å². The van der Waals surface area contributed by atoms with E-state index in [1.54, 1.807) is 0 Å². The lowest BCUT2D eigenvalue weighted by atomic mass is 9.76. The van der Waals surface area contributed by atoms with Gasteiger partial charge in [-0.1, -0.05) is 28.1 Å². The summed E-state index contributed by atoms with van der Waals surface area (Å²) >= 11 is 3.49. The molecular weight excluding hydrogens is 266 g/mol. The molecule has 2 nitrogen and oxygen atoms in total. The molecule has 1 saturated heterocycles. The van der Waals surface area contributed by atoms with Crippen LogP contribution in [0.1, 0.15) is 18.4 Å². The Morgan fingerprint density at radius 3 is 2.94 bits per heavy atom. The van der Waals surface area contributed by atoms with E-state index in [-0.39, 0.29) is 12.0 Å². The van der Waals surface area contributed by atoms with E-state index in [1.807, 2.05) is 6.07 Å². The van der Waals surface area contributed by atoms with Crippen LogP contribution >= 0.6 is 15.9 Å². The topological polar surface area (TPSA) is 32.3 Å². The summed E-state index contributed by atoms with van der Waals surface area (Å²) in [5, 5.41) is 13.0. The van der Waals surface area contributed by atoms with Crippen LogP contribution in [0.15, 0.2) is 28.7 Å². The maximum atomic E-state index is 9.62. The number of aliphatic hydroxyl groups is 1. The first kappa shape index (κ1) is 12.1. The second kappa shape index (κ2) is 5.30. The minimum atomic E-state index is 0.0407. The summed E-state index contributed by atoms with van der Waals surface area (Å²) in [4.78, 5) is 0. The van der Waals surface area contributed by atoms with E-state index in [1.165, 1.54) is 5.56 Å². The summed E-state index contributed by atoms with van der Waals surface area (Å²) < 4.78 is 1.11. The first-order valence-corrected chi connectivity index (χ1v) is 6.59. The highest BCUT2D eigenvalue weighted by molar-refractivity contribution is 9.10. The maximum absolute atomic E-state index is 9.62. The molecule has 1 aromatic carbocycles.